The molecule has 0 bridgehead atoms. The van der Waals surface area contributed by atoms with Crippen molar-refractivity contribution in [3.05, 3.63) is 88.0 Å². The number of carbonyl (C=O) groups is 3. The van der Waals surface area contributed by atoms with E-state index >= 15 is 0 Å². The third-order valence-electron chi connectivity index (χ3n) is 8.09. The molecule has 1 heterocycles. The molecule has 2 aliphatic rings. The SMILES string of the molecule is CC/C1=C\Cc2cc(CCC(=N)C(=O)C(=N)CC(=O)C3=CCCCC3c3ccccc3C(F)(F)F)ccc2NCCC1=O. The van der Waals surface area contributed by atoms with Crippen LogP contribution in [0.5, 0.6) is 0 Å². The standard InChI is InChI=1S/C34H36F3N3O3/c1-2-22-13-14-23-19-21(12-16-30(23)40-18-17-31(22)41)11-15-28(38)33(43)29(39)20-32(42)26-9-4-3-7-24(26)25-8-5-6-10-27(25)34(35,36)37/h5-6,8-10,12-13,16,19,24,38-40H,2-4,7,11,14-15,17-18,20H2,1H3/b22-13+,38-28?,39-29?. The number of Topliss-reactive ketones (excluding diaryl/α,β-unsaturated/α-hetero) is 3. The normalized spacial score (nSPS) is 18.5. The van der Waals surface area contributed by atoms with Crippen molar-refractivity contribution in [2.75, 3.05) is 11.9 Å². The maximum absolute atomic E-state index is 13.7. The monoisotopic (exact) mass is 591 g/mol. The molecule has 0 saturated heterocycles. The molecule has 226 valence electrons. The van der Waals surface area contributed by atoms with Crippen LogP contribution in [0, 0.1) is 10.8 Å². The van der Waals surface area contributed by atoms with Crippen LogP contribution < -0.4 is 5.32 Å². The summed E-state index contributed by atoms with van der Waals surface area (Å²) in [5.41, 5.74) is 2.25. The number of ketones is 3. The number of nitrogens with one attached hydrogen (secondary N) is 3. The van der Waals surface area contributed by atoms with Gasteiger partial charge in [-0.15, -0.1) is 0 Å². The molecule has 0 aromatic heterocycles. The van der Waals surface area contributed by atoms with E-state index in [9.17, 15) is 27.6 Å². The van der Waals surface area contributed by atoms with Crippen LogP contribution in [-0.2, 0) is 33.4 Å². The number of anilines is 1. The van der Waals surface area contributed by atoms with E-state index in [-0.39, 0.29) is 29.1 Å². The molecular weight excluding hydrogens is 555 g/mol. The fourth-order valence-electron chi connectivity index (χ4n) is 5.78. The minimum atomic E-state index is -4.57. The summed E-state index contributed by atoms with van der Waals surface area (Å²) in [6.45, 7) is 2.49. The minimum absolute atomic E-state index is 0.0232. The summed E-state index contributed by atoms with van der Waals surface area (Å²) in [7, 11) is 0. The van der Waals surface area contributed by atoms with Crippen molar-refractivity contribution < 1.29 is 27.6 Å². The van der Waals surface area contributed by atoms with E-state index in [0.29, 0.717) is 51.5 Å². The Hall–Kier alpha value is -4.14. The van der Waals surface area contributed by atoms with Crippen molar-refractivity contribution in [2.45, 2.75) is 76.8 Å². The maximum atomic E-state index is 13.7. The molecule has 1 unspecified atom stereocenters. The summed E-state index contributed by atoms with van der Waals surface area (Å²) in [5.74, 6) is -2.03. The number of rotatable bonds is 10. The molecule has 3 N–H and O–H groups in total. The first kappa shape index (κ1) is 31.8. The van der Waals surface area contributed by atoms with Gasteiger partial charge >= 0.3 is 6.18 Å². The van der Waals surface area contributed by atoms with Gasteiger partial charge in [-0.25, -0.2) is 0 Å². The lowest BCUT2D eigenvalue weighted by atomic mass is 9.78. The minimum Gasteiger partial charge on any atom is -0.384 e. The lowest BCUT2D eigenvalue weighted by Crippen LogP contribution is -2.27. The van der Waals surface area contributed by atoms with Gasteiger partial charge in [0.05, 0.1) is 23.4 Å². The third-order valence-corrected chi connectivity index (χ3v) is 8.09. The zero-order chi connectivity index (χ0) is 31.1. The number of halogens is 3. The molecule has 0 saturated carbocycles. The van der Waals surface area contributed by atoms with Crippen LogP contribution in [-0.4, -0.2) is 35.3 Å². The van der Waals surface area contributed by atoms with Crippen molar-refractivity contribution in [1.29, 1.82) is 10.8 Å². The van der Waals surface area contributed by atoms with E-state index in [4.69, 9.17) is 10.8 Å². The summed E-state index contributed by atoms with van der Waals surface area (Å²) < 4.78 is 41.1. The van der Waals surface area contributed by atoms with Crippen molar-refractivity contribution >= 4 is 34.5 Å². The second-order valence-electron chi connectivity index (χ2n) is 11.0. The summed E-state index contributed by atoms with van der Waals surface area (Å²) in [6, 6.07) is 11.0. The molecule has 1 atom stereocenters. The molecule has 1 aliphatic carbocycles. The Labute approximate surface area is 249 Å². The van der Waals surface area contributed by atoms with Crippen LogP contribution in [0.1, 0.15) is 80.0 Å². The summed E-state index contributed by atoms with van der Waals surface area (Å²) in [6.07, 6.45) is 2.09. The smallest absolute Gasteiger partial charge is 0.384 e. The van der Waals surface area contributed by atoms with Gasteiger partial charge in [0, 0.05) is 24.6 Å². The Morgan fingerprint density at radius 2 is 1.81 bits per heavy atom. The van der Waals surface area contributed by atoms with Crippen molar-refractivity contribution in [2.24, 2.45) is 0 Å². The third kappa shape index (κ3) is 7.83. The molecule has 0 fully saturated rings. The largest absolute Gasteiger partial charge is 0.416 e. The first-order valence-electron chi connectivity index (χ1n) is 14.7. The molecule has 9 heteroatoms. The highest BCUT2D eigenvalue weighted by Gasteiger charge is 2.37. The number of hydrogen-bond donors (Lipinski definition) is 3. The molecule has 0 amide bonds. The molecule has 2 aromatic rings. The summed E-state index contributed by atoms with van der Waals surface area (Å²) in [4.78, 5) is 38.4. The number of carbonyl (C=O) groups excluding carboxylic acids is 3. The lowest BCUT2D eigenvalue weighted by Gasteiger charge is -2.26. The van der Waals surface area contributed by atoms with Gasteiger partial charge in [-0.05, 0) is 84.9 Å². The van der Waals surface area contributed by atoms with Gasteiger partial charge < -0.3 is 16.1 Å². The maximum Gasteiger partial charge on any atom is 0.416 e. The van der Waals surface area contributed by atoms with Crippen molar-refractivity contribution in [1.82, 2.24) is 0 Å². The van der Waals surface area contributed by atoms with Crippen LogP contribution in [0.15, 0.2) is 65.8 Å². The van der Waals surface area contributed by atoms with Gasteiger partial charge in [-0.1, -0.05) is 49.4 Å². The van der Waals surface area contributed by atoms with Crippen LogP contribution in [0.4, 0.5) is 18.9 Å². The summed E-state index contributed by atoms with van der Waals surface area (Å²) in [5, 5.41) is 19.8. The first-order valence-corrected chi connectivity index (χ1v) is 14.7. The molecule has 0 spiro atoms. The number of benzene rings is 2. The van der Waals surface area contributed by atoms with Gasteiger partial charge in [0.15, 0.2) is 11.6 Å². The predicted molar refractivity (Wildman–Crippen MR) is 161 cm³/mol. The van der Waals surface area contributed by atoms with Crippen molar-refractivity contribution in [3.63, 3.8) is 0 Å². The molecule has 1 aliphatic heterocycles. The molecule has 6 nitrogen and oxygen atoms in total. The number of allylic oxidation sites excluding steroid dienone is 4. The topological polar surface area (TPSA) is 111 Å². The van der Waals surface area contributed by atoms with Gasteiger partial charge in [0.2, 0.25) is 5.78 Å². The molecule has 43 heavy (non-hydrogen) atoms. The van der Waals surface area contributed by atoms with E-state index in [1.807, 2.05) is 31.2 Å². The predicted octanol–water partition coefficient (Wildman–Crippen LogP) is 7.36. The Morgan fingerprint density at radius 3 is 2.56 bits per heavy atom. The average Bonchev–Trinajstić information content (AvgIpc) is 3.07. The number of aryl methyl sites for hydroxylation is 1. The van der Waals surface area contributed by atoms with Crippen LogP contribution in [0.3, 0.4) is 0 Å². The van der Waals surface area contributed by atoms with E-state index < -0.39 is 41.4 Å². The Bertz CT molecular complexity index is 1500. The second-order valence-corrected chi connectivity index (χ2v) is 11.0. The quantitative estimate of drug-likeness (QED) is 0.251. The molecular formula is C34H36F3N3O3. The van der Waals surface area contributed by atoms with Crippen LogP contribution in [0.25, 0.3) is 0 Å². The molecule has 0 radical (unpaired) electrons. The fourth-order valence-corrected chi connectivity index (χ4v) is 5.78. The number of hydrogen-bond acceptors (Lipinski definition) is 6. The van der Waals surface area contributed by atoms with Crippen LogP contribution in [0.2, 0.25) is 0 Å². The molecule has 2 aromatic carbocycles. The fraction of sp³-hybridized carbons (Fsp3) is 0.382. The molecule has 4 rings (SSSR count). The van der Waals surface area contributed by atoms with E-state index in [1.54, 1.807) is 6.08 Å². The van der Waals surface area contributed by atoms with E-state index in [0.717, 1.165) is 28.5 Å². The van der Waals surface area contributed by atoms with Gasteiger partial charge in [-0.2, -0.15) is 13.2 Å². The zero-order valence-electron chi connectivity index (χ0n) is 24.2. The Morgan fingerprint density at radius 1 is 1.05 bits per heavy atom. The Balaban J connectivity index is 1.39. The number of alkyl halides is 3. The second kappa shape index (κ2) is 13.9. The highest BCUT2D eigenvalue weighted by molar-refractivity contribution is 6.66. The zero-order valence-corrected chi connectivity index (χ0v) is 24.2. The Kier molecular flexibility index (Phi) is 10.3. The lowest BCUT2D eigenvalue weighted by molar-refractivity contribution is -0.138. The van der Waals surface area contributed by atoms with Gasteiger partial charge in [0.1, 0.15) is 0 Å². The summed E-state index contributed by atoms with van der Waals surface area (Å²) >= 11 is 0. The van der Waals surface area contributed by atoms with E-state index in [1.165, 1.54) is 18.2 Å². The highest BCUT2D eigenvalue weighted by Crippen LogP contribution is 2.42. The highest BCUT2D eigenvalue weighted by atomic mass is 19.4. The van der Waals surface area contributed by atoms with E-state index in [2.05, 4.69) is 5.32 Å². The first-order chi connectivity index (χ1) is 20.5. The average molecular weight is 592 g/mol. The van der Waals surface area contributed by atoms with Gasteiger partial charge in [-0.3, -0.25) is 14.4 Å². The van der Waals surface area contributed by atoms with Crippen LogP contribution >= 0.6 is 0 Å². The van der Waals surface area contributed by atoms with Gasteiger partial charge in [0.25, 0.3) is 0 Å². The number of fused-ring (bicyclic) bond motifs is 1. The van der Waals surface area contributed by atoms with Crippen molar-refractivity contribution in [3.8, 4) is 0 Å².